The Hall–Kier alpha value is -1.39. The van der Waals surface area contributed by atoms with E-state index >= 15 is 0 Å². The molecular weight excluding hydrogens is 312 g/mol. The SMILES string of the molecule is O=C(C1CCCN1C1CC1)N1CCC2(CC1)OCCc1ccccc12. The van der Waals surface area contributed by atoms with Crippen LogP contribution in [0, 0.1) is 0 Å². The number of hydrogen-bond donors (Lipinski definition) is 0. The van der Waals surface area contributed by atoms with Gasteiger partial charge in [-0.1, -0.05) is 24.3 Å². The zero-order chi connectivity index (χ0) is 16.9. The van der Waals surface area contributed by atoms with Gasteiger partial charge in [0.15, 0.2) is 0 Å². The molecular formula is C21H28N2O2. The average Bonchev–Trinajstić information content (AvgIpc) is 3.39. The van der Waals surface area contributed by atoms with E-state index in [0.29, 0.717) is 11.9 Å². The summed E-state index contributed by atoms with van der Waals surface area (Å²) in [6.07, 6.45) is 7.70. The van der Waals surface area contributed by atoms with Crippen molar-refractivity contribution in [1.29, 1.82) is 0 Å². The van der Waals surface area contributed by atoms with Crippen molar-refractivity contribution in [3.05, 3.63) is 35.4 Å². The monoisotopic (exact) mass is 340 g/mol. The third-order valence-electron chi connectivity index (χ3n) is 6.74. The molecule has 4 heteroatoms. The van der Waals surface area contributed by atoms with E-state index in [1.165, 1.54) is 30.4 Å². The van der Waals surface area contributed by atoms with Crippen molar-refractivity contribution < 1.29 is 9.53 Å². The Labute approximate surface area is 150 Å². The molecule has 2 saturated heterocycles. The van der Waals surface area contributed by atoms with E-state index in [1.54, 1.807) is 0 Å². The van der Waals surface area contributed by atoms with E-state index < -0.39 is 0 Å². The lowest BCUT2D eigenvalue weighted by Crippen LogP contribution is -2.53. The maximum absolute atomic E-state index is 13.1. The Morgan fingerprint density at radius 1 is 1.08 bits per heavy atom. The fraction of sp³-hybridized carbons (Fsp3) is 0.667. The summed E-state index contributed by atoms with van der Waals surface area (Å²) in [5.41, 5.74) is 2.65. The molecule has 1 aromatic rings. The number of piperidine rings is 1. The van der Waals surface area contributed by atoms with Crippen molar-refractivity contribution in [3.63, 3.8) is 0 Å². The molecule has 4 aliphatic rings. The Kier molecular flexibility index (Phi) is 3.86. The lowest BCUT2D eigenvalue weighted by atomic mass is 9.79. The summed E-state index contributed by atoms with van der Waals surface area (Å²) in [4.78, 5) is 17.7. The normalized spacial score (nSPS) is 29.0. The number of likely N-dealkylation sites (tertiary alicyclic amines) is 2. The molecule has 5 rings (SSSR count). The van der Waals surface area contributed by atoms with Gasteiger partial charge in [0, 0.05) is 19.1 Å². The van der Waals surface area contributed by atoms with Crippen LogP contribution < -0.4 is 0 Å². The van der Waals surface area contributed by atoms with Crippen molar-refractivity contribution >= 4 is 5.91 Å². The number of nitrogens with zero attached hydrogens (tertiary/aromatic N) is 2. The molecule has 1 unspecified atom stereocenters. The van der Waals surface area contributed by atoms with Gasteiger partial charge in [0.1, 0.15) is 0 Å². The van der Waals surface area contributed by atoms with Crippen LogP contribution in [0.4, 0.5) is 0 Å². The van der Waals surface area contributed by atoms with Gasteiger partial charge in [0.05, 0.1) is 18.2 Å². The highest BCUT2D eigenvalue weighted by atomic mass is 16.5. The zero-order valence-corrected chi connectivity index (χ0v) is 15.0. The molecule has 25 heavy (non-hydrogen) atoms. The molecule has 0 aromatic heterocycles. The van der Waals surface area contributed by atoms with Crippen molar-refractivity contribution in [2.75, 3.05) is 26.2 Å². The van der Waals surface area contributed by atoms with Crippen molar-refractivity contribution in [2.45, 2.75) is 62.6 Å². The Morgan fingerprint density at radius 2 is 1.88 bits per heavy atom. The van der Waals surface area contributed by atoms with Crippen LogP contribution in [-0.2, 0) is 21.6 Å². The standard InChI is InChI=1S/C21H28N2O2/c24-20(19-6-3-12-23(19)17-7-8-17)22-13-10-21(11-14-22)18-5-2-1-4-16(18)9-15-25-21/h1-2,4-5,17,19H,3,6-15H2. The number of rotatable bonds is 2. The average molecular weight is 340 g/mol. The van der Waals surface area contributed by atoms with Crippen LogP contribution >= 0.6 is 0 Å². The largest absolute Gasteiger partial charge is 0.370 e. The van der Waals surface area contributed by atoms with E-state index in [1.807, 2.05) is 0 Å². The van der Waals surface area contributed by atoms with E-state index in [0.717, 1.165) is 51.9 Å². The Bertz CT molecular complexity index is 662. The predicted molar refractivity (Wildman–Crippen MR) is 96.3 cm³/mol. The Balaban J connectivity index is 1.29. The number of amides is 1. The van der Waals surface area contributed by atoms with Crippen LogP contribution in [-0.4, -0.2) is 54.0 Å². The minimum atomic E-state index is -0.155. The number of carbonyl (C=O) groups excluding carboxylic acids is 1. The van der Waals surface area contributed by atoms with E-state index in [9.17, 15) is 4.79 Å². The third kappa shape index (κ3) is 2.70. The second-order valence-electron chi connectivity index (χ2n) is 8.20. The van der Waals surface area contributed by atoms with Crippen LogP contribution in [0.5, 0.6) is 0 Å². The minimum Gasteiger partial charge on any atom is -0.370 e. The zero-order valence-electron chi connectivity index (χ0n) is 15.0. The number of benzene rings is 1. The van der Waals surface area contributed by atoms with Crippen molar-refractivity contribution in [1.82, 2.24) is 9.80 Å². The third-order valence-corrected chi connectivity index (χ3v) is 6.74. The van der Waals surface area contributed by atoms with Gasteiger partial charge in [-0.25, -0.2) is 0 Å². The first kappa shape index (κ1) is 15.8. The van der Waals surface area contributed by atoms with Crippen molar-refractivity contribution in [2.24, 2.45) is 0 Å². The summed E-state index contributed by atoms with van der Waals surface area (Å²) in [6.45, 7) is 3.60. The molecule has 0 radical (unpaired) electrons. The number of fused-ring (bicyclic) bond motifs is 2. The first-order chi connectivity index (χ1) is 12.3. The van der Waals surface area contributed by atoms with Crippen molar-refractivity contribution in [3.8, 4) is 0 Å². The molecule has 3 aliphatic heterocycles. The van der Waals surface area contributed by atoms with Crippen LogP contribution in [0.1, 0.15) is 49.7 Å². The lowest BCUT2D eigenvalue weighted by molar-refractivity contribution is -0.145. The quantitative estimate of drug-likeness (QED) is 0.830. The molecule has 1 aliphatic carbocycles. The summed E-state index contributed by atoms with van der Waals surface area (Å²) in [5, 5.41) is 0. The fourth-order valence-corrected chi connectivity index (χ4v) is 5.23. The minimum absolute atomic E-state index is 0.154. The first-order valence-corrected chi connectivity index (χ1v) is 10.0. The van der Waals surface area contributed by atoms with Crippen LogP contribution in [0.15, 0.2) is 24.3 Å². The molecule has 134 valence electrons. The molecule has 0 N–H and O–H groups in total. The molecule has 1 aromatic carbocycles. The molecule has 1 amide bonds. The summed E-state index contributed by atoms with van der Waals surface area (Å²) in [5.74, 6) is 0.378. The van der Waals surface area contributed by atoms with Gasteiger partial charge in [0.25, 0.3) is 0 Å². The predicted octanol–water partition coefficient (Wildman–Crippen LogP) is 2.70. The van der Waals surface area contributed by atoms with Gasteiger partial charge in [-0.3, -0.25) is 9.69 Å². The molecule has 4 nitrogen and oxygen atoms in total. The van der Waals surface area contributed by atoms with Crippen LogP contribution in [0.2, 0.25) is 0 Å². The number of ether oxygens (including phenoxy) is 1. The molecule has 3 fully saturated rings. The fourth-order valence-electron chi connectivity index (χ4n) is 5.23. The highest BCUT2D eigenvalue weighted by Gasteiger charge is 2.45. The van der Waals surface area contributed by atoms with Gasteiger partial charge in [0.2, 0.25) is 5.91 Å². The highest BCUT2D eigenvalue weighted by molar-refractivity contribution is 5.82. The summed E-state index contributed by atoms with van der Waals surface area (Å²) in [6, 6.07) is 9.57. The molecule has 1 spiro atoms. The van der Waals surface area contributed by atoms with E-state index in [-0.39, 0.29) is 11.6 Å². The van der Waals surface area contributed by atoms with Gasteiger partial charge < -0.3 is 9.64 Å². The summed E-state index contributed by atoms with van der Waals surface area (Å²) < 4.78 is 6.31. The lowest BCUT2D eigenvalue weighted by Gasteiger charge is -2.45. The highest BCUT2D eigenvalue weighted by Crippen LogP contribution is 2.42. The summed E-state index contributed by atoms with van der Waals surface area (Å²) in [7, 11) is 0. The molecule has 1 saturated carbocycles. The number of hydrogen-bond acceptors (Lipinski definition) is 3. The maximum atomic E-state index is 13.1. The van der Waals surface area contributed by atoms with Crippen LogP contribution in [0.25, 0.3) is 0 Å². The first-order valence-electron chi connectivity index (χ1n) is 10.0. The smallest absolute Gasteiger partial charge is 0.239 e. The summed E-state index contributed by atoms with van der Waals surface area (Å²) >= 11 is 0. The number of carbonyl (C=O) groups is 1. The van der Waals surface area contributed by atoms with Gasteiger partial charge in [-0.15, -0.1) is 0 Å². The van der Waals surface area contributed by atoms with Gasteiger partial charge in [-0.2, -0.15) is 0 Å². The molecule has 1 atom stereocenters. The Morgan fingerprint density at radius 3 is 2.68 bits per heavy atom. The van der Waals surface area contributed by atoms with E-state index in [2.05, 4.69) is 34.1 Å². The second kappa shape index (κ2) is 6.10. The maximum Gasteiger partial charge on any atom is 0.239 e. The topological polar surface area (TPSA) is 32.8 Å². The van der Waals surface area contributed by atoms with Crippen LogP contribution in [0.3, 0.4) is 0 Å². The second-order valence-corrected chi connectivity index (χ2v) is 8.20. The van der Waals surface area contributed by atoms with Gasteiger partial charge >= 0.3 is 0 Å². The molecule has 3 heterocycles. The van der Waals surface area contributed by atoms with Gasteiger partial charge in [-0.05, 0) is 62.6 Å². The van der Waals surface area contributed by atoms with E-state index in [4.69, 9.17) is 4.74 Å². The molecule has 0 bridgehead atoms.